The second-order valence-electron chi connectivity index (χ2n) is 6.65. The minimum Gasteiger partial charge on any atom is -0.469 e. The van der Waals surface area contributed by atoms with Gasteiger partial charge in [-0.3, -0.25) is 4.79 Å². The van der Waals surface area contributed by atoms with Gasteiger partial charge < -0.3 is 4.74 Å². The highest BCUT2D eigenvalue weighted by Gasteiger charge is 2.36. The number of thioether (sulfide) groups is 1. The van der Waals surface area contributed by atoms with Crippen molar-refractivity contribution in [2.45, 2.75) is 107 Å². The molecule has 2 unspecified atom stereocenters. The van der Waals surface area contributed by atoms with Gasteiger partial charge >= 0.3 is 5.97 Å². The van der Waals surface area contributed by atoms with Crippen LogP contribution in [0, 0.1) is 0 Å². The molecule has 1 heterocycles. The van der Waals surface area contributed by atoms with E-state index in [1.165, 1.54) is 84.2 Å². The monoisotopic (exact) mass is 328 g/mol. The summed E-state index contributed by atoms with van der Waals surface area (Å²) in [5, 5.41) is 1.99. The van der Waals surface area contributed by atoms with Crippen molar-refractivity contribution in [2.75, 3.05) is 7.11 Å². The number of unbranched alkanes of at least 4 members (excludes halogenated alkanes) is 9. The zero-order valence-electron chi connectivity index (χ0n) is 14.8. The van der Waals surface area contributed by atoms with Crippen LogP contribution in [0.15, 0.2) is 0 Å². The Morgan fingerprint density at radius 1 is 0.818 bits per heavy atom. The number of methoxy groups -OCH3 is 1. The Kier molecular flexibility index (Phi) is 12.0. The van der Waals surface area contributed by atoms with Crippen molar-refractivity contribution in [3.63, 3.8) is 0 Å². The Hall–Kier alpha value is -0.180. The Morgan fingerprint density at radius 3 is 1.86 bits per heavy atom. The van der Waals surface area contributed by atoms with Crippen molar-refractivity contribution in [1.29, 1.82) is 0 Å². The number of carbonyl (C=O) groups is 1. The molecule has 0 spiro atoms. The summed E-state index contributed by atoms with van der Waals surface area (Å²) in [5.74, 6) is -0.0634. The van der Waals surface area contributed by atoms with Gasteiger partial charge in [0.25, 0.3) is 0 Å². The first-order chi connectivity index (χ1) is 10.8. The smallest absolute Gasteiger partial charge is 0.305 e. The minimum atomic E-state index is -0.0634. The van der Waals surface area contributed by atoms with E-state index in [2.05, 4.69) is 23.4 Å². The van der Waals surface area contributed by atoms with E-state index in [9.17, 15) is 4.79 Å². The molecule has 1 aliphatic heterocycles. The first-order valence-electron chi connectivity index (χ1n) is 9.50. The van der Waals surface area contributed by atoms with Crippen molar-refractivity contribution in [1.82, 2.24) is 0 Å². The van der Waals surface area contributed by atoms with Crippen LogP contribution in [-0.2, 0) is 9.53 Å². The molecule has 3 heteroatoms. The predicted molar refractivity (Wildman–Crippen MR) is 97.5 cm³/mol. The molecule has 0 saturated carbocycles. The summed E-state index contributed by atoms with van der Waals surface area (Å²) < 4.78 is 4.64. The second kappa shape index (κ2) is 13.3. The maximum absolute atomic E-state index is 11.0. The van der Waals surface area contributed by atoms with E-state index in [1.807, 2.05) is 0 Å². The Bertz CT molecular complexity index is 281. The highest BCUT2D eigenvalue weighted by molar-refractivity contribution is 8.07. The Balaban J connectivity index is 1.76. The van der Waals surface area contributed by atoms with Crippen molar-refractivity contribution in [3.05, 3.63) is 0 Å². The van der Waals surface area contributed by atoms with Gasteiger partial charge in [0.1, 0.15) is 0 Å². The third kappa shape index (κ3) is 10.5. The average molecular weight is 329 g/mol. The fourth-order valence-corrected chi connectivity index (χ4v) is 4.30. The lowest BCUT2D eigenvalue weighted by Gasteiger charge is -2.02. The van der Waals surface area contributed by atoms with Crippen LogP contribution in [0.4, 0.5) is 0 Å². The molecule has 0 aliphatic carbocycles. The van der Waals surface area contributed by atoms with Gasteiger partial charge in [0, 0.05) is 16.9 Å². The predicted octanol–water partition coefficient (Wildman–Crippen LogP) is 6.12. The minimum absolute atomic E-state index is 0.0634. The van der Waals surface area contributed by atoms with Crippen molar-refractivity contribution < 1.29 is 9.53 Å². The quantitative estimate of drug-likeness (QED) is 0.206. The van der Waals surface area contributed by atoms with Crippen LogP contribution in [0.2, 0.25) is 0 Å². The molecule has 0 radical (unpaired) electrons. The van der Waals surface area contributed by atoms with Crippen LogP contribution in [0.3, 0.4) is 0 Å². The number of rotatable bonds is 15. The summed E-state index contributed by atoms with van der Waals surface area (Å²) in [6, 6.07) is 0. The molecule has 1 saturated heterocycles. The summed E-state index contributed by atoms with van der Waals surface area (Å²) >= 11 is 2.23. The Morgan fingerprint density at radius 2 is 1.32 bits per heavy atom. The third-order valence-corrected chi connectivity index (χ3v) is 6.14. The summed E-state index contributed by atoms with van der Waals surface area (Å²) in [5.41, 5.74) is 0. The normalized spacial score (nSPS) is 20.1. The molecule has 1 rings (SSSR count). The lowest BCUT2D eigenvalue weighted by molar-refractivity contribution is -0.140. The number of hydrogen-bond acceptors (Lipinski definition) is 3. The van der Waals surface area contributed by atoms with E-state index in [0.717, 1.165) is 16.9 Å². The topological polar surface area (TPSA) is 26.3 Å². The largest absolute Gasteiger partial charge is 0.469 e. The van der Waals surface area contributed by atoms with Crippen LogP contribution < -0.4 is 0 Å². The molecule has 0 bridgehead atoms. The van der Waals surface area contributed by atoms with Crippen molar-refractivity contribution >= 4 is 17.7 Å². The van der Waals surface area contributed by atoms with Crippen LogP contribution in [-0.4, -0.2) is 23.6 Å². The van der Waals surface area contributed by atoms with Gasteiger partial charge in [0.05, 0.1) is 7.11 Å². The van der Waals surface area contributed by atoms with Crippen LogP contribution in [0.25, 0.3) is 0 Å². The van der Waals surface area contributed by atoms with Gasteiger partial charge in [-0.25, -0.2) is 0 Å². The van der Waals surface area contributed by atoms with Gasteiger partial charge in [-0.1, -0.05) is 71.1 Å². The Labute approximate surface area is 142 Å². The van der Waals surface area contributed by atoms with E-state index in [1.54, 1.807) is 0 Å². The molecule has 0 aromatic carbocycles. The molecule has 130 valence electrons. The van der Waals surface area contributed by atoms with Gasteiger partial charge in [0.2, 0.25) is 0 Å². The average Bonchev–Trinajstić information content (AvgIpc) is 3.27. The highest BCUT2D eigenvalue weighted by Crippen LogP contribution is 2.47. The van der Waals surface area contributed by atoms with E-state index in [4.69, 9.17) is 0 Å². The van der Waals surface area contributed by atoms with Crippen molar-refractivity contribution in [2.24, 2.45) is 0 Å². The van der Waals surface area contributed by atoms with E-state index >= 15 is 0 Å². The van der Waals surface area contributed by atoms with Crippen LogP contribution in [0.5, 0.6) is 0 Å². The summed E-state index contributed by atoms with van der Waals surface area (Å²) in [4.78, 5) is 11.0. The maximum atomic E-state index is 11.0. The zero-order valence-corrected chi connectivity index (χ0v) is 15.6. The highest BCUT2D eigenvalue weighted by atomic mass is 32.2. The lowest BCUT2D eigenvalue weighted by atomic mass is 10.0. The molecule has 0 N–H and O–H groups in total. The van der Waals surface area contributed by atoms with E-state index in [-0.39, 0.29) is 5.97 Å². The number of esters is 1. The molecule has 2 nitrogen and oxygen atoms in total. The van der Waals surface area contributed by atoms with Gasteiger partial charge in [-0.2, -0.15) is 11.8 Å². The molecular weight excluding hydrogens is 292 g/mol. The van der Waals surface area contributed by atoms with Gasteiger partial charge in [-0.15, -0.1) is 0 Å². The molecule has 1 aliphatic rings. The fraction of sp³-hybridized carbons (Fsp3) is 0.947. The molecule has 1 fully saturated rings. The number of ether oxygens (including phenoxy) is 1. The number of hydrogen-bond donors (Lipinski definition) is 0. The van der Waals surface area contributed by atoms with Gasteiger partial charge in [0.15, 0.2) is 0 Å². The maximum Gasteiger partial charge on any atom is 0.305 e. The number of carbonyl (C=O) groups excluding carboxylic acids is 1. The molecular formula is C19H36O2S. The SMILES string of the molecule is CCCCCCCC1SC1CCCCCCCCC(=O)OC. The first kappa shape index (κ1) is 19.9. The molecule has 0 amide bonds. The zero-order chi connectivity index (χ0) is 16.0. The molecule has 0 aromatic heterocycles. The van der Waals surface area contributed by atoms with Crippen LogP contribution >= 0.6 is 11.8 Å². The van der Waals surface area contributed by atoms with Crippen LogP contribution in [0.1, 0.15) is 96.8 Å². The lowest BCUT2D eigenvalue weighted by Crippen LogP contribution is -1.99. The van der Waals surface area contributed by atoms with E-state index in [0.29, 0.717) is 6.42 Å². The standard InChI is InChI=1S/C19H36O2S/c1-3-4-5-8-11-14-17-18(22-17)15-12-9-6-7-10-13-16-19(20)21-2/h17-18H,3-16H2,1-2H3. The van der Waals surface area contributed by atoms with Crippen molar-refractivity contribution in [3.8, 4) is 0 Å². The van der Waals surface area contributed by atoms with E-state index < -0.39 is 0 Å². The molecule has 2 atom stereocenters. The first-order valence-corrected chi connectivity index (χ1v) is 10.4. The summed E-state index contributed by atoms with van der Waals surface area (Å²) in [6.45, 7) is 2.28. The summed E-state index contributed by atoms with van der Waals surface area (Å²) in [6.07, 6.45) is 18.2. The van der Waals surface area contributed by atoms with Gasteiger partial charge in [-0.05, 0) is 19.3 Å². The second-order valence-corrected chi connectivity index (χ2v) is 8.14. The third-order valence-electron chi connectivity index (χ3n) is 4.63. The fourth-order valence-electron chi connectivity index (χ4n) is 3.06. The molecule has 0 aromatic rings. The molecule has 22 heavy (non-hydrogen) atoms. The summed E-state index contributed by atoms with van der Waals surface area (Å²) in [7, 11) is 1.47.